The van der Waals surface area contributed by atoms with Gasteiger partial charge >= 0.3 is 0 Å². The highest BCUT2D eigenvalue weighted by Crippen LogP contribution is 2.42. The lowest BCUT2D eigenvalue weighted by molar-refractivity contribution is 0.198. The molecule has 1 aliphatic heterocycles. The molecular weight excluding hydrogens is 463 g/mol. The summed E-state index contributed by atoms with van der Waals surface area (Å²) in [4.78, 5) is 2.29. The van der Waals surface area contributed by atoms with Gasteiger partial charge in [0.15, 0.2) is 0 Å². The van der Waals surface area contributed by atoms with Crippen molar-refractivity contribution in [2.45, 2.75) is 45.1 Å². The van der Waals surface area contributed by atoms with Crippen LogP contribution < -0.4 is 15.2 Å². The summed E-state index contributed by atoms with van der Waals surface area (Å²) in [5.74, 6) is 1.76. The Labute approximate surface area is 219 Å². The predicted octanol–water partition coefficient (Wildman–Crippen LogP) is 6.69. The molecule has 0 amide bonds. The molecule has 0 saturated carbocycles. The standard InChI is InChI=1S/C32H37FN2O2/c1-22-19-27(36-2)12-14-29(22)31-6-3-5-24-20-25(34)9-13-30(24)32(31)23-7-10-26(11-8-23)37-28-15-18-35(21-28)17-4-16-33/h7-14,19-20,28H,3-6,15-18,21,34H2,1-2H3. The highest BCUT2D eigenvalue weighted by molar-refractivity contribution is 6.00. The van der Waals surface area contributed by atoms with E-state index in [9.17, 15) is 4.39 Å². The first-order chi connectivity index (χ1) is 18.1. The number of halogens is 1. The average molecular weight is 501 g/mol. The molecule has 3 aromatic rings. The zero-order valence-corrected chi connectivity index (χ0v) is 21.9. The lowest BCUT2D eigenvalue weighted by atomic mass is 9.86. The molecule has 1 saturated heterocycles. The number of likely N-dealkylation sites (tertiary alicyclic amines) is 1. The number of fused-ring (bicyclic) bond motifs is 1. The maximum atomic E-state index is 12.5. The molecule has 0 bridgehead atoms. The summed E-state index contributed by atoms with van der Waals surface area (Å²) in [6.45, 7) is 4.55. The van der Waals surface area contributed by atoms with E-state index >= 15 is 0 Å². The molecular formula is C32H37FN2O2. The van der Waals surface area contributed by atoms with E-state index in [0.717, 1.165) is 62.5 Å². The molecule has 2 N–H and O–H groups in total. The third-order valence-electron chi connectivity index (χ3n) is 7.61. The van der Waals surface area contributed by atoms with Gasteiger partial charge in [0.1, 0.15) is 17.6 Å². The largest absolute Gasteiger partial charge is 0.497 e. The molecule has 1 unspecified atom stereocenters. The van der Waals surface area contributed by atoms with E-state index in [0.29, 0.717) is 6.42 Å². The number of methoxy groups -OCH3 is 1. The minimum Gasteiger partial charge on any atom is -0.497 e. The van der Waals surface area contributed by atoms with E-state index < -0.39 is 0 Å². The highest BCUT2D eigenvalue weighted by atomic mass is 19.1. The number of alkyl halides is 1. The van der Waals surface area contributed by atoms with Crippen LogP contribution in [0.25, 0.3) is 11.1 Å². The Balaban J connectivity index is 1.49. The molecule has 3 aromatic carbocycles. The zero-order valence-electron chi connectivity index (χ0n) is 21.9. The van der Waals surface area contributed by atoms with Crippen molar-refractivity contribution >= 4 is 16.8 Å². The summed E-state index contributed by atoms with van der Waals surface area (Å²) in [5.41, 5.74) is 15.8. The molecule has 5 rings (SSSR count). The predicted molar refractivity (Wildman–Crippen MR) is 150 cm³/mol. The van der Waals surface area contributed by atoms with Crippen molar-refractivity contribution in [3.63, 3.8) is 0 Å². The molecule has 0 aromatic heterocycles. The number of aryl methyl sites for hydroxylation is 2. The van der Waals surface area contributed by atoms with Crippen LogP contribution in [0.5, 0.6) is 11.5 Å². The fourth-order valence-corrected chi connectivity index (χ4v) is 5.78. The normalized spacial score (nSPS) is 18.0. The number of ether oxygens (including phenoxy) is 2. The molecule has 5 heteroatoms. The lowest BCUT2D eigenvalue weighted by Crippen LogP contribution is -2.26. The number of nitrogens with zero attached hydrogens (tertiary/aromatic N) is 1. The number of allylic oxidation sites excluding steroid dienone is 1. The lowest BCUT2D eigenvalue weighted by Gasteiger charge is -2.20. The van der Waals surface area contributed by atoms with Gasteiger partial charge in [0.2, 0.25) is 0 Å². The Morgan fingerprint density at radius 3 is 2.51 bits per heavy atom. The second-order valence-electron chi connectivity index (χ2n) is 10.2. The van der Waals surface area contributed by atoms with Crippen molar-refractivity contribution in [2.24, 2.45) is 0 Å². The van der Waals surface area contributed by atoms with E-state index in [1.807, 2.05) is 6.07 Å². The van der Waals surface area contributed by atoms with Crippen LogP contribution in [0.4, 0.5) is 10.1 Å². The van der Waals surface area contributed by atoms with Crippen molar-refractivity contribution in [2.75, 3.05) is 39.2 Å². The van der Waals surface area contributed by atoms with Crippen LogP contribution in [0.3, 0.4) is 0 Å². The van der Waals surface area contributed by atoms with Gasteiger partial charge in [0.05, 0.1) is 13.8 Å². The van der Waals surface area contributed by atoms with Crippen LogP contribution in [0.1, 0.15) is 53.5 Å². The molecule has 1 heterocycles. The van der Waals surface area contributed by atoms with Gasteiger partial charge in [0.25, 0.3) is 0 Å². The summed E-state index contributed by atoms with van der Waals surface area (Å²) in [5, 5.41) is 0. The third kappa shape index (κ3) is 5.67. The van der Waals surface area contributed by atoms with Gasteiger partial charge in [0, 0.05) is 25.3 Å². The van der Waals surface area contributed by atoms with Crippen LogP contribution in [0, 0.1) is 6.92 Å². The van der Waals surface area contributed by atoms with Gasteiger partial charge in [-0.3, -0.25) is 9.29 Å². The number of anilines is 1. The van der Waals surface area contributed by atoms with Crippen molar-refractivity contribution in [3.05, 3.63) is 88.5 Å². The monoisotopic (exact) mass is 500 g/mol. The van der Waals surface area contributed by atoms with E-state index in [2.05, 4.69) is 66.4 Å². The summed E-state index contributed by atoms with van der Waals surface area (Å²) in [7, 11) is 1.71. The van der Waals surface area contributed by atoms with Crippen molar-refractivity contribution in [1.82, 2.24) is 4.90 Å². The Morgan fingerprint density at radius 1 is 0.973 bits per heavy atom. The molecule has 1 atom stereocenters. The minimum absolute atomic E-state index is 0.156. The molecule has 1 aliphatic carbocycles. The smallest absolute Gasteiger partial charge is 0.119 e. The van der Waals surface area contributed by atoms with E-state index in [1.165, 1.54) is 39.0 Å². The molecule has 4 nitrogen and oxygen atoms in total. The fourth-order valence-electron chi connectivity index (χ4n) is 5.78. The topological polar surface area (TPSA) is 47.7 Å². The molecule has 194 valence electrons. The van der Waals surface area contributed by atoms with Gasteiger partial charge in [-0.25, -0.2) is 0 Å². The van der Waals surface area contributed by atoms with Crippen molar-refractivity contribution in [1.29, 1.82) is 0 Å². The Morgan fingerprint density at radius 2 is 1.76 bits per heavy atom. The van der Waals surface area contributed by atoms with Crippen LogP contribution in [0.2, 0.25) is 0 Å². The van der Waals surface area contributed by atoms with Crippen LogP contribution in [-0.4, -0.2) is 44.4 Å². The van der Waals surface area contributed by atoms with Crippen molar-refractivity contribution < 1.29 is 13.9 Å². The maximum Gasteiger partial charge on any atom is 0.119 e. The molecule has 37 heavy (non-hydrogen) atoms. The van der Waals surface area contributed by atoms with E-state index in [1.54, 1.807) is 7.11 Å². The SMILES string of the molecule is COc1ccc(C2=C(c3ccc(OC4CCN(CCCF)C4)cc3)c3ccc(N)cc3CCC2)c(C)c1. The third-order valence-corrected chi connectivity index (χ3v) is 7.61. The quantitative estimate of drug-likeness (QED) is 0.350. The fraction of sp³-hybridized carbons (Fsp3) is 0.375. The molecule has 0 spiro atoms. The Bertz CT molecular complexity index is 1270. The number of nitrogens with two attached hydrogens (primary N) is 1. The summed E-state index contributed by atoms with van der Waals surface area (Å²) < 4.78 is 24.3. The van der Waals surface area contributed by atoms with Crippen molar-refractivity contribution in [3.8, 4) is 11.5 Å². The first-order valence-electron chi connectivity index (χ1n) is 13.4. The summed E-state index contributed by atoms with van der Waals surface area (Å²) >= 11 is 0. The number of nitrogen functional groups attached to an aromatic ring is 1. The minimum atomic E-state index is -0.257. The van der Waals surface area contributed by atoms with Gasteiger partial charge in [-0.2, -0.15) is 0 Å². The highest BCUT2D eigenvalue weighted by Gasteiger charge is 2.24. The van der Waals surface area contributed by atoms with Gasteiger partial charge in [-0.1, -0.05) is 24.3 Å². The Hall–Kier alpha value is -3.31. The second kappa shape index (κ2) is 11.4. The molecule has 2 aliphatic rings. The van der Waals surface area contributed by atoms with E-state index in [-0.39, 0.29) is 12.8 Å². The number of benzene rings is 3. The summed E-state index contributed by atoms with van der Waals surface area (Å²) in [6.07, 6.45) is 4.80. The maximum absolute atomic E-state index is 12.5. The van der Waals surface area contributed by atoms with Gasteiger partial charge in [-0.15, -0.1) is 0 Å². The number of hydrogen-bond acceptors (Lipinski definition) is 4. The number of rotatable bonds is 8. The zero-order chi connectivity index (χ0) is 25.8. The van der Waals surface area contributed by atoms with Gasteiger partial charge in [-0.05, 0) is 114 Å². The summed E-state index contributed by atoms with van der Waals surface area (Å²) in [6, 6.07) is 21.2. The molecule has 1 fully saturated rings. The van der Waals surface area contributed by atoms with E-state index in [4.69, 9.17) is 15.2 Å². The second-order valence-corrected chi connectivity index (χ2v) is 10.2. The molecule has 0 radical (unpaired) electrons. The Kier molecular flexibility index (Phi) is 7.80. The average Bonchev–Trinajstić information content (AvgIpc) is 3.27. The van der Waals surface area contributed by atoms with Crippen LogP contribution >= 0.6 is 0 Å². The first-order valence-corrected chi connectivity index (χ1v) is 13.4. The van der Waals surface area contributed by atoms with Gasteiger partial charge < -0.3 is 15.2 Å². The first kappa shape index (κ1) is 25.3. The van der Waals surface area contributed by atoms with Crippen LogP contribution in [-0.2, 0) is 6.42 Å². The number of hydrogen-bond donors (Lipinski definition) is 1. The van der Waals surface area contributed by atoms with Crippen LogP contribution in [0.15, 0.2) is 60.7 Å².